The van der Waals surface area contributed by atoms with Crippen LogP contribution < -0.4 is 10.6 Å². The van der Waals surface area contributed by atoms with Gasteiger partial charge in [0.25, 0.3) is 5.91 Å². The lowest BCUT2D eigenvalue weighted by Crippen LogP contribution is -2.50. The van der Waals surface area contributed by atoms with Gasteiger partial charge < -0.3 is 25.0 Å². The molecule has 2 amide bonds. The molecule has 184 valence electrons. The van der Waals surface area contributed by atoms with Gasteiger partial charge in [0.05, 0.1) is 30.3 Å². The number of thiazole rings is 1. The standard InChI is InChI=1S/C24H33N5O4S/c1-15-6-7-17(13-27-15)21-19(5-4-10-26-24(31)32-3)28-22(34-21)16(2)29(18-8-9-18)23(30)20-14-25-11-12-33-20/h6-7,13,16,18,20,25H,4-5,8-12,14H2,1-3H3,(H,26,31)/t16-,20-/m1/s1. The maximum Gasteiger partial charge on any atom is 0.406 e. The first-order valence-corrected chi connectivity index (χ1v) is 12.7. The van der Waals surface area contributed by atoms with Crippen LogP contribution in [-0.4, -0.2) is 72.4 Å². The third-order valence-corrected chi connectivity index (χ3v) is 7.42. The molecule has 0 bridgehead atoms. The van der Waals surface area contributed by atoms with Gasteiger partial charge >= 0.3 is 6.09 Å². The largest absolute Gasteiger partial charge is 0.453 e. The Balaban J connectivity index is 1.56. The van der Waals surface area contributed by atoms with Crippen LogP contribution in [0.5, 0.6) is 0 Å². The van der Waals surface area contributed by atoms with Crippen molar-refractivity contribution in [2.24, 2.45) is 0 Å². The van der Waals surface area contributed by atoms with Crippen LogP contribution in [0.1, 0.15) is 48.6 Å². The van der Waals surface area contributed by atoms with Crippen LogP contribution in [0.15, 0.2) is 18.3 Å². The van der Waals surface area contributed by atoms with Crippen LogP contribution in [0.25, 0.3) is 10.4 Å². The molecule has 2 aliphatic rings. The molecule has 34 heavy (non-hydrogen) atoms. The number of nitrogens with zero attached hydrogens (tertiary/aromatic N) is 3. The Hall–Kier alpha value is -2.56. The van der Waals surface area contributed by atoms with Gasteiger partial charge in [0.15, 0.2) is 0 Å². The molecule has 2 N–H and O–H groups in total. The van der Waals surface area contributed by atoms with E-state index in [9.17, 15) is 9.59 Å². The third kappa shape index (κ3) is 5.92. The predicted octanol–water partition coefficient (Wildman–Crippen LogP) is 2.84. The molecule has 3 heterocycles. The zero-order valence-electron chi connectivity index (χ0n) is 20.0. The number of carbonyl (C=O) groups excluding carboxylic acids is 2. The Morgan fingerprint density at radius 1 is 1.38 bits per heavy atom. The quantitative estimate of drug-likeness (QED) is 0.524. The molecule has 1 aliphatic carbocycles. The number of hydrogen-bond acceptors (Lipinski definition) is 8. The highest BCUT2D eigenvalue weighted by Crippen LogP contribution is 2.40. The zero-order valence-corrected chi connectivity index (χ0v) is 20.8. The number of carbonyl (C=O) groups is 2. The van der Waals surface area contributed by atoms with Gasteiger partial charge in [-0.2, -0.15) is 0 Å². The van der Waals surface area contributed by atoms with Gasteiger partial charge in [-0.25, -0.2) is 9.78 Å². The summed E-state index contributed by atoms with van der Waals surface area (Å²) in [5.41, 5.74) is 2.93. The Kier molecular flexibility index (Phi) is 8.12. The van der Waals surface area contributed by atoms with Crippen LogP contribution in [0.3, 0.4) is 0 Å². The number of rotatable bonds is 9. The summed E-state index contributed by atoms with van der Waals surface area (Å²) in [6.45, 7) is 6.40. The number of amides is 2. The summed E-state index contributed by atoms with van der Waals surface area (Å²) in [5.74, 6) is 0.0415. The molecule has 0 aromatic carbocycles. The van der Waals surface area contributed by atoms with Gasteiger partial charge in [0, 0.05) is 43.1 Å². The Morgan fingerprint density at radius 3 is 2.85 bits per heavy atom. The Labute approximate surface area is 204 Å². The van der Waals surface area contributed by atoms with E-state index >= 15 is 0 Å². The number of hydrogen-bond donors (Lipinski definition) is 2. The highest BCUT2D eigenvalue weighted by molar-refractivity contribution is 7.15. The van der Waals surface area contributed by atoms with E-state index in [1.165, 1.54) is 7.11 Å². The summed E-state index contributed by atoms with van der Waals surface area (Å²) in [6, 6.07) is 4.16. The van der Waals surface area contributed by atoms with E-state index in [1.807, 2.05) is 24.1 Å². The second kappa shape index (κ2) is 11.2. The summed E-state index contributed by atoms with van der Waals surface area (Å²) in [7, 11) is 1.35. The zero-order chi connectivity index (χ0) is 24.1. The minimum Gasteiger partial charge on any atom is -0.453 e. The van der Waals surface area contributed by atoms with Crippen molar-refractivity contribution in [2.45, 2.75) is 57.7 Å². The van der Waals surface area contributed by atoms with Crippen LogP contribution in [-0.2, 0) is 20.7 Å². The summed E-state index contributed by atoms with van der Waals surface area (Å²) < 4.78 is 10.4. The highest BCUT2D eigenvalue weighted by atomic mass is 32.1. The van der Waals surface area contributed by atoms with E-state index < -0.39 is 12.2 Å². The van der Waals surface area contributed by atoms with Gasteiger partial charge in [-0.1, -0.05) is 6.07 Å². The molecule has 2 atom stereocenters. The molecule has 0 spiro atoms. The first-order chi connectivity index (χ1) is 16.5. The number of ether oxygens (including phenoxy) is 2. The van der Waals surface area contributed by atoms with Crippen molar-refractivity contribution in [3.8, 4) is 10.4 Å². The van der Waals surface area contributed by atoms with Gasteiger partial charge in [0.1, 0.15) is 11.1 Å². The lowest BCUT2D eigenvalue weighted by Gasteiger charge is -2.33. The average Bonchev–Trinajstić information content (AvgIpc) is 3.60. The first-order valence-electron chi connectivity index (χ1n) is 11.9. The van der Waals surface area contributed by atoms with E-state index in [-0.39, 0.29) is 18.0 Å². The van der Waals surface area contributed by atoms with Gasteiger partial charge in [-0.3, -0.25) is 9.78 Å². The third-order valence-electron chi connectivity index (χ3n) is 6.10. The number of pyridine rings is 1. The maximum absolute atomic E-state index is 13.4. The monoisotopic (exact) mass is 487 g/mol. The molecule has 0 unspecified atom stereocenters. The highest BCUT2D eigenvalue weighted by Gasteiger charge is 2.41. The van der Waals surface area contributed by atoms with Gasteiger partial charge in [0.2, 0.25) is 0 Å². The number of morpholine rings is 1. The summed E-state index contributed by atoms with van der Waals surface area (Å²) in [6.07, 6.45) is 4.45. The lowest BCUT2D eigenvalue weighted by atomic mass is 10.1. The number of nitrogens with one attached hydrogen (secondary N) is 2. The van der Waals surface area contributed by atoms with Crippen molar-refractivity contribution in [3.05, 3.63) is 34.7 Å². The molecule has 1 saturated heterocycles. The molecule has 1 aliphatic heterocycles. The maximum atomic E-state index is 13.4. The van der Waals surface area contributed by atoms with Crippen molar-refractivity contribution in [1.29, 1.82) is 0 Å². The molecular formula is C24H33N5O4S. The number of aromatic nitrogens is 2. The molecule has 0 radical (unpaired) electrons. The summed E-state index contributed by atoms with van der Waals surface area (Å²) in [5, 5.41) is 6.89. The second-order valence-electron chi connectivity index (χ2n) is 8.75. The normalized spacial score (nSPS) is 18.9. The summed E-state index contributed by atoms with van der Waals surface area (Å²) >= 11 is 1.62. The van der Waals surface area contributed by atoms with Crippen molar-refractivity contribution in [1.82, 2.24) is 25.5 Å². The van der Waals surface area contributed by atoms with E-state index in [0.717, 1.165) is 52.6 Å². The summed E-state index contributed by atoms with van der Waals surface area (Å²) in [4.78, 5) is 37.2. The molecule has 9 nitrogen and oxygen atoms in total. The van der Waals surface area contributed by atoms with E-state index in [1.54, 1.807) is 11.3 Å². The van der Waals surface area contributed by atoms with Crippen molar-refractivity contribution >= 4 is 23.3 Å². The van der Waals surface area contributed by atoms with E-state index in [4.69, 9.17) is 9.72 Å². The van der Waals surface area contributed by atoms with Crippen LogP contribution in [0, 0.1) is 6.92 Å². The molecule has 4 rings (SSSR count). The number of aryl methyl sites for hydroxylation is 2. The first kappa shape index (κ1) is 24.6. The molecule has 10 heteroatoms. The lowest BCUT2D eigenvalue weighted by molar-refractivity contribution is -0.148. The minimum absolute atomic E-state index is 0.0415. The predicted molar refractivity (Wildman–Crippen MR) is 130 cm³/mol. The van der Waals surface area contributed by atoms with Crippen molar-refractivity contribution in [3.63, 3.8) is 0 Å². The van der Waals surface area contributed by atoms with Crippen molar-refractivity contribution in [2.75, 3.05) is 33.4 Å². The molecule has 2 aromatic heterocycles. The van der Waals surface area contributed by atoms with E-state index in [0.29, 0.717) is 26.1 Å². The molecule has 1 saturated carbocycles. The fourth-order valence-corrected chi connectivity index (χ4v) is 5.27. The second-order valence-corrected chi connectivity index (χ2v) is 9.78. The van der Waals surface area contributed by atoms with Crippen LogP contribution >= 0.6 is 11.3 Å². The Bertz CT molecular complexity index is 986. The fourth-order valence-electron chi connectivity index (χ4n) is 4.11. The van der Waals surface area contributed by atoms with E-state index in [2.05, 4.69) is 33.3 Å². The van der Waals surface area contributed by atoms with Gasteiger partial charge in [-0.05, 0) is 45.6 Å². The van der Waals surface area contributed by atoms with Crippen molar-refractivity contribution < 1.29 is 19.1 Å². The number of alkyl carbamates (subject to hydrolysis) is 1. The van der Waals surface area contributed by atoms with Gasteiger partial charge in [-0.15, -0.1) is 11.3 Å². The molecular weight excluding hydrogens is 454 g/mol. The molecule has 2 fully saturated rings. The smallest absolute Gasteiger partial charge is 0.406 e. The fraction of sp³-hybridized carbons (Fsp3) is 0.583. The Morgan fingerprint density at radius 2 is 2.21 bits per heavy atom. The van der Waals surface area contributed by atoms with Crippen LogP contribution in [0.2, 0.25) is 0 Å². The SMILES string of the molecule is COC(=O)NCCCc1nc([C@@H](C)N(C(=O)[C@H]2CNCCO2)C2CC2)sc1-c1ccc(C)nc1. The number of methoxy groups -OCH3 is 1. The average molecular weight is 488 g/mol. The van der Waals surface area contributed by atoms with Crippen LogP contribution in [0.4, 0.5) is 4.79 Å². The topological polar surface area (TPSA) is 106 Å². The molecule has 2 aromatic rings. The minimum atomic E-state index is -0.443.